The predicted molar refractivity (Wildman–Crippen MR) is 96.4 cm³/mol. The molecule has 1 atom stereocenters. The smallest absolute Gasteiger partial charge is 0.222 e. The number of aromatic amines is 1. The molecule has 1 aromatic carbocycles. The van der Waals surface area contributed by atoms with Gasteiger partial charge in [0.1, 0.15) is 5.82 Å². The summed E-state index contributed by atoms with van der Waals surface area (Å²) >= 11 is 7.53. The van der Waals surface area contributed by atoms with Gasteiger partial charge in [-0.05, 0) is 24.6 Å². The second-order valence-corrected chi connectivity index (χ2v) is 6.72. The Morgan fingerprint density at radius 1 is 1.38 bits per heavy atom. The van der Waals surface area contributed by atoms with Crippen molar-refractivity contribution < 1.29 is 5.11 Å². The standard InChI is InChI=1S/C15H17ClN6OS/c1-8(6-23)18-12-11-13(20-14(17)19-11)22-15(21-12)24-7-9-3-2-4-10(16)5-9/h2-5,8,23H,6-7H2,1H3,(H4,17,18,19,20,21,22)/t8-/m1/s1. The Balaban J connectivity index is 1.86. The van der Waals surface area contributed by atoms with E-state index in [1.807, 2.05) is 31.2 Å². The van der Waals surface area contributed by atoms with E-state index in [2.05, 4.69) is 25.3 Å². The topological polar surface area (TPSA) is 113 Å². The van der Waals surface area contributed by atoms with Gasteiger partial charge in [0.05, 0.1) is 6.61 Å². The molecule has 0 radical (unpaired) electrons. The molecule has 0 amide bonds. The van der Waals surface area contributed by atoms with E-state index in [1.54, 1.807) is 0 Å². The van der Waals surface area contributed by atoms with Crippen LogP contribution in [0, 0.1) is 0 Å². The average molecular weight is 365 g/mol. The third kappa shape index (κ3) is 3.89. The van der Waals surface area contributed by atoms with Gasteiger partial charge in [0.25, 0.3) is 0 Å². The summed E-state index contributed by atoms with van der Waals surface area (Å²) in [5, 5.41) is 13.8. The number of halogens is 1. The summed E-state index contributed by atoms with van der Waals surface area (Å²) in [6.07, 6.45) is 0. The molecule has 2 heterocycles. The number of hydrogen-bond donors (Lipinski definition) is 4. The number of aromatic nitrogens is 4. The van der Waals surface area contributed by atoms with Crippen molar-refractivity contribution in [3.8, 4) is 11.5 Å². The number of aliphatic hydroxyl groups is 1. The number of rotatable bonds is 6. The molecule has 0 fully saturated rings. The SMILES string of the molecule is C[C@H](CO)Nc1[nH]c(SCc2cccc(Cl)c2)nc2nc(N)nc1-2. The van der Waals surface area contributed by atoms with Crippen LogP contribution in [0.25, 0.3) is 11.5 Å². The molecule has 1 aromatic rings. The maximum Gasteiger partial charge on any atom is 0.222 e. The largest absolute Gasteiger partial charge is 0.394 e. The Kier molecular flexibility index (Phi) is 5.08. The molecular weight excluding hydrogens is 348 g/mol. The molecule has 5 N–H and O–H groups in total. The average Bonchev–Trinajstić information content (AvgIpc) is 2.93. The third-order valence-corrected chi connectivity index (χ3v) is 4.44. The van der Waals surface area contributed by atoms with E-state index in [1.165, 1.54) is 11.8 Å². The molecule has 3 rings (SSSR count). The molecule has 2 aliphatic heterocycles. The van der Waals surface area contributed by atoms with E-state index in [9.17, 15) is 5.11 Å². The van der Waals surface area contributed by atoms with Crippen LogP contribution in [0.4, 0.5) is 11.8 Å². The maximum atomic E-state index is 9.25. The zero-order chi connectivity index (χ0) is 17.1. The van der Waals surface area contributed by atoms with Gasteiger partial charge in [-0.1, -0.05) is 35.5 Å². The number of aliphatic hydroxyl groups excluding tert-OH is 1. The van der Waals surface area contributed by atoms with E-state index in [0.29, 0.717) is 33.3 Å². The summed E-state index contributed by atoms with van der Waals surface area (Å²) in [4.78, 5) is 15.9. The lowest BCUT2D eigenvalue weighted by atomic mass is 10.2. The number of H-pyrrole nitrogens is 1. The van der Waals surface area contributed by atoms with Crippen LogP contribution >= 0.6 is 23.4 Å². The van der Waals surface area contributed by atoms with Crippen molar-refractivity contribution in [2.24, 2.45) is 0 Å². The van der Waals surface area contributed by atoms with Gasteiger partial charge in [-0.3, -0.25) is 0 Å². The Bertz CT molecular complexity index is 811. The lowest BCUT2D eigenvalue weighted by molar-refractivity contribution is 0.281. The summed E-state index contributed by atoms with van der Waals surface area (Å²) in [5.74, 6) is 1.98. The lowest BCUT2D eigenvalue weighted by Crippen LogP contribution is -2.21. The number of anilines is 2. The molecule has 0 bridgehead atoms. The number of benzene rings is 1. The van der Waals surface area contributed by atoms with E-state index in [4.69, 9.17) is 17.3 Å². The first-order chi connectivity index (χ1) is 11.5. The van der Waals surface area contributed by atoms with Gasteiger partial charge in [0.2, 0.25) is 5.95 Å². The minimum absolute atomic E-state index is 0.00767. The number of nitrogens with two attached hydrogens (primary N) is 1. The molecule has 0 saturated heterocycles. The van der Waals surface area contributed by atoms with Gasteiger partial charge < -0.3 is 21.1 Å². The highest BCUT2D eigenvalue weighted by Crippen LogP contribution is 2.30. The molecule has 0 aromatic heterocycles. The van der Waals surface area contributed by atoms with Crippen LogP contribution in [-0.4, -0.2) is 37.7 Å². The van der Waals surface area contributed by atoms with Crippen molar-refractivity contribution in [2.45, 2.75) is 23.9 Å². The highest BCUT2D eigenvalue weighted by molar-refractivity contribution is 7.98. The first-order valence-electron chi connectivity index (χ1n) is 7.33. The predicted octanol–water partition coefficient (Wildman–Crippen LogP) is 2.63. The van der Waals surface area contributed by atoms with Crippen LogP contribution in [0.5, 0.6) is 0 Å². The van der Waals surface area contributed by atoms with Gasteiger partial charge in [-0.25, -0.2) is 9.97 Å². The summed E-state index contributed by atoms with van der Waals surface area (Å²) in [5.41, 5.74) is 7.33. The molecule has 0 saturated carbocycles. The number of fused-ring (bicyclic) bond motifs is 1. The second kappa shape index (κ2) is 7.25. The Hall–Kier alpha value is -2.03. The molecule has 9 heteroatoms. The third-order valence-electron chi connectivity index (χ3n) is 3.26. The molecule has 7 nitrogen and oxygen atoms in total. The zero-order valence-corrected chi connectivity index (χ0v) is 14.5. The van der Waals surface area contributed by atoms with E-state index in [-0.39, 0.29) is 18.6 Å². The molecule has 0 unspecified atom stereocenters. The second-order valence-electron chi connectivity index (χ2n) is 5.32. The zero-order valence-electron chi connectivity index (χ0n) is 13.0. The number of nitrogens with zero attached hydrogens (tertiary/aromatic N) is 3. The Labute approximate surface area is 148 Å². The minimum Gasteiger partial charge on any atom is -0.394 e. The lowest BCUT2D eigenvalue weighted by Gasteiger charge is -2.15. The van der Waals surface area contributed by atoms with Gasteiger partial charge in [-0.2, -0.15) is 4.98 Å². The van der Waals surface area contributed by atoms with Crippen LogP contribution in [0.3, 0.4) is 0 Å². The van der Waals surface area contributed by atoms with E-state index < -0.39 is 0 Å². The van der Waals surface area contributed by atoms with E-state index in [0.717, 1.165) is 5.56 Å². The van der Waals surface area contributed by atoms with Crippen molar-refractivity contribution in [1.29, 1.82) is 0 Å². The number of imidazole rings is 1. The highest BCUT2D eigenvalue weighted by atomic mass is 35.5. The van der Waals surface area contributed by atoms with Gasteiger partial charge >= 0.3 is 0 Å². The number of thioether (sulfide) groups is 1. The number of nitrogens with one attached hydrogen (secondary N) is 2. The quantitative estimate of drug-likeness (QED) is 0.393. The molecule has 24 heavy (non-hydrogen) atoms. The fourth-order valence-corrected chi connectivity index (χ4v) is 3.15. The first-order valence-corrected chi connectivity index (χ1v) is 8.69. The molecular formula is C15H17ClN6OS. The summed E-state index contributed by atoms with van der Waals surface area (Å²) in [7, 11) is 0. The normalized spacial score (nSPS) is 12.5. The minimum atomic E-state index is -0.143. The highest BCUT2D eigenvalue weighted by Gasteiger charge is 2.19. The monoisotopic (exact) mass is 364 g/mol. The Morgan fingerprint density at radius 2 is 2.21 bits per heavy atom. The Morgan fingerprint density at radius 3 is 2.96 bits per heavy atom. The molecule has 2 aliphatic rings. The van der Waals surface area contributed by atoms with Crippen LogP contribution in [-0.2, 0) is 5.75 Å². The van der Waals surface area contributed by atoms with E-state index >= 15 is 0 Å². The summed E-state index contributed by atoms with van der Waals surface area (Å²) < 4.78 is 0. The molecule has 0 spiro atoms. The molecule has 126 valence electrons. The van der Waals surface area contributed by atoms with Crippen molar-refractivity contribution >= 4 is 35.1 Å². The van der Waals surface area contributed by atoms with Gasteiger partial charge in [-0.15, -0.1) is 0 Å². The van der Waals surface area contributed by atoms with Crippen LogP contribution in [0.1, 0.15) is 12.5 Å². The fourth-order valence-electron chi connectivity index (χ4n) is 2.13. The maximum absolute atomic E-state index is 9.25. The van der Waals surface area contributed by atoms with Crippen LogP contribution in [0.15, 0.2) is 29.4 Å². The molecule has 0 aliphatic carbocycles. The first kappa shape index (κ1) is 16.8. The fraction of sp³-hybridized carbons (Fsp3) is 0.267. The van der Waals surface area contributed by atoms with Crippen molar-refractivity contribution in [3.05, 3.63) is 34.9 Å². The van der Waals surface area contributed by atoms with Crippen molar-refractivity contribution in [2.75, 3.05) is 17.7 Å². The summed E-state index contributed by atoms with van der Waals surface area (Å²) in [6.45, 7) is 1.85. The summed E-state index contributed by atoms with van der Waals surface area (Å²) in [6, 6.07) is 7.53. The van der Waals surface area contributed by atoms with Gasteiger partial charge in [0, 0.05) is 16.8 Å². The number of nitrogen functional groups attached to an aromatic ring is 1. The van der Waals surface area contributed by atoms with Crippen LogP contribution < -0.4 is 11.1 Å². The van der Waals surface area contributed by atoms with Crippen molar-refractivity contribution in [1.82, 2.24) is 19.9 Å². The number of hydrogen-bond acceptors (Lipinski definition) is 7. The van der Waals surface area contributed by atoms with Crippen molar-refractivity contribution in [3.63, 3.8) is 0 Å². The van der Waals surface area contributed by atoms with Gasteiger partial charge in [0.15, 0.2) is 16.7 Å². The van der Waals surface area contributed by atoms with Crippen LogP contribution in [0.2, 0.25) is 5.02 Å².